The maximum absolute atomic E-state index is 12.2. The van der Waals surface area contributed by atoms with Crippen LogP contribution in [0.15, 0.2) is 72.3 Å². The monoisotopic (exact) mass is 433 g/mol. The molecule has 0 unspecified atom stereocenters. The molecule has 0 aliphatic heterocycles. The molecule has 1 aliphatic carbocycles. The Morgan fingerprint density at radius 3 is 2.65 bits per heavy atom. The van der Waals surface area contributed by atoms with Crippen LogP contribution in [0.25, 0.3) is 22.4 Å². The van der Waals surface area contributed by atoms with Crippen molar-refractivity contribution in [3.63, 3.8) is 0 Å². The molecule has 0 saturated heterocycles. The lowest BCUT2D eigenvalue weighted by Crippen LogP contribution is -2.07. The van der Waals surface area contributed by atoms with Gasteiger partial charge in [0, 0.05) is 16.1 Å². The molecule has 4 nitrogen and oxygen atoms in total. The molecule has 0 radical (unpaired) electrons. The summed E-state index contributed by atoms with van der Waals surface area (Å²) in [6.45, 7) is 2.66. The van der Waals surface area contributed by atoms with Crippen LogP contribution in [0.5, 0.6) is 5.75 Å². The van der Waals surface area contributed by atoms with E-state index in [1.807, 2.05) is 54.6 Å². The van der Waals surface area contributed by atoms with Crippen LogP contribution in [-0.2, 0) is 4.74 Å². The molecule has 31 heavy (non-hydrogen) atoms. The fraction of sp³-hybridized carbons (Fsp3) is 0.231. The molecular weight excluding hydrogens is 410 g/mol. The average molecular weight is 434 g/mol. The molecule has 0 N–H and O–H groups in total. The average Bonchev–Trinajstić information content (AvgIpc) is 3.32. The van der Waals surface area contributed by atoms with Crippen LogP contribution in [0.1, 0.15) is 36.7 Å². The van der Waals surface area contributed by atoms with Crippen molar-refractivity contribution in [3.8, 4) is 28.1 Å². The second-order valence-corrected chi connectivity index (χ2v) is 7.79. The van der Waals surface area contributed by atoms with Gasteiger partial charge in [0.1, 0.15) is 18.1 Å². The van der Waals surface area contributed by atoms with E-state index in [1.54, 1.807) is 13.0 Å². The zero-order valence-electron chi connectivity index (χ0n) is 17.4. The number of pyridine rings is 1. The Morgan fingerprint density at radius 1 is 1.03 bits per heavy atom. The molecule has 0 atom stereocenters. The van der Waals surface area contributed by atoms with Crippen LogP contribution < -0.4 is 4.74 Å². The Morgan fingerprint density at radius 2 is 1.87 bits per heavy atom. The van der Waals surface area contributed by atoms with E-state index in [0.717, 1.165) is 35.3 Å². The third-order valence-electron chi connectivity index (χ3n) is 5.22. The summed E-state index contributed by atoms with van der Waals surface area (Å²) >= 11 is 6.35. The van der Waals surface area contributed by atoms with Gasteiger partial charge in [0.15, 0.2) is 0 Å². The fourth-order valence-electron chi connectivity index (χ4n) is 3.72. The van der Waals surface area contributed by atoms with E-state index in [9.17, 15) is 4.79 Å². The molecule has 158 valence electrons. The largest absolute Gasteiger partial charge is 0.489 e. The third kappa shape index (κ3) is 4.97. The van der Waals surface area contributed by atoms with E-state index in [4.69, 9.17) is 21.1 Å². The first-order valence-electron chi connectivity index (χ1n) is 10.5. The lowest BCUT2D eigenvalue weighted by Gasteiger charge is -2.16. The minimum absolute atomic E-state index is 0.282. The number of benzene rings is 2. The molecule has 2 aromatic carbocycles. The summed E-state index contributed by atoms with van der Waals surface area (Å²) in [5.41, 5.74) is 5.02. The third-order valence-corrected chi connectivity index (χ3v) is 5.45. The Balaban J connectivity index is 1.73. The van der Waals surface area contributed by atoms with Crippen molar-refractivity contribution in [3.05, 3.63) is 83.0 Å². The minimum Gasteiger partial charge on any atom is -0.489 e. The molecule has 0 spiro atoms. The highest BCUT2D eigenvalue weighted by molar-refractivity contribution is 6.31. The molecule has 5 heteroatoms. The summed E-state index contributed by atoms with van der Waals surface area (Å²) in [4.78, 5) is 16.7. The molecule has 0 amide bonds. The topological polar surface area (TPSA) is 48.4 Å². The minimum atomic E-state index is -0.432. The Kier molecular flexibility index (Phi) is 6.68. The first kappa shape index (κ1) is 21.1. The number of allylic oxidation sites excluding steroid dienone is 1. The summed E-state index contributed by atoms with van der Waals surface area (Å²) in [6.07, 6.45) is 5.66. The van der Waals surface area contributed by atoms with E-state index < -0.39 is 5.97 Å². The van der Waals surface area contributed by atoms with Crippen molar-refractivity contribution in [2.45, 2.75) is 26.2 Å². The quantitative estimate of drug-likeness (QED) is 0.306. The van der Waals surface area contributed by atoms with Crippen molar-refractivity contribution in [1.29, 1.82) is 0 Å². The van der Waals surface area contributed by atoms with Gasteiger partial charge in [-0.15, -0.1) is 0 Å². The number of aromatic nitrogens is 1. The van der Waals surface area contributed by atoms with Gasteiger partial charge in [-0.1, -0.05) is 48.0 Å². The predicted octanol–water partition coefficient (Wildman–Crippen LogP) is 6.73. The molecule has 3 aromatic rings. The molecule has 1 heterocycles. The summed E-state index contributed by atoms with van der Waals surface area (Å²) < 4.78 is 11.3. The van der Waals surface area contributed by atoms with E-state index in [1.165, 1.54) is 12.0 Å². The van der Waals surface area contributed by atoms with E-state index in [-0.39, 0.29) is 5.69 Å². The van der Waals surface area contributed by atoms with E-state index in [2.05, 4.69) is 11.1 Å². The van der Waals surface area contributed by atoms with Crippen LogP contribution in [0.3, 0.4) is 0 Å². The van der Waals surface area contributed by atoms with Crippen LogP contribution in [-0.4, -0.2) is 24.2 Å². The lowest BCUT2D eigenvalue weighted by atomic mass is 9.96. The molecule has 0 fully saturated rings. The number of hydrogen-bond donors (Lipinski definition) is 0. The van der Waals surface area contributed by atoms with Crippen molar-refractivity contribution in [1.82, 2.24) is 4.98 Å². The number of carbonyl (C=O) groups is 1. The number of halogens is 1. The van der Waals surface area contributed by atoms with Gasteiger partial charge in [0.25, 0.3) is 0 Å². The SMILES string of the molecule is CCOC(=O)c1cccc(-c2ccccc2-c2cc(Cl)ccc2OCC2=CCCC2)n1. The Bertz CT molecular complexity index is 1120. The van der Waals surface area contributed by atoms with Crippen molar-refractivity contribution in [2.75, 3.05) is 13.2 Å². The number of rotatable bonds is 7. The van der Waals surface area contributed by atoms with Crippen LogP contribution in [0.2, 0.25) is 5.02 Å². The molecule has 0 saturated carbocycles. The van der Waals surface area contributed by atoms with Gasteiger partial charge < -0.3 is 9.47 Å². The van der Waals surface area contributed by atoms with Crippen molar-refractivity contribution < 1.29 is 14.3 Å². The summed E-state index contributed by atoms with van der Waals surface area (Å²) in [5, 5.41) is 0.630. The highest BCUT2D eigenvalue weighted by Crippen LogP contribution is 2.38. The molecule has 0 bridgehead atoms. The van der Waals surface area contributed by atoms with Crippen LogP contribution in [0, 0.1) is 0 Å². The molecule has 1 aliphatic rings. The highest BCUT2D eigenvalue weighted by Gasteiger charge is 2.16. The first-order chi connectivity index (χ1) is 15.2. The van der Waals surface area contributed by atoms with Gasteiger partial charge in [-0.2, -0.15) is 0 Å². The summed E-state index contributed by atoms with van der Waals surface area (Å²) in [5.74, 6) is 0.338. The number of ether oxygens (including phenoxy) is 2. The Labute approximate surface area is 187 Å². The molecule has 4 rings (SSSR count). The molecular formula is C26H24ClNO3. The van der Waals surface area contributed by atoms with Gasteiger partial charge >= 0.3 is 5.97 Å². The zero-order chi connectivity index (χ0) is 21.6. The van der Waals surface area contributed by atoms with Gasteiger partial charge in [0.2, 0.25) is 0 Å². The number of esters is 1. The maximum Gasteiger partial charge on any atom is 0.356 e. The normalized spacial score (nSPS) is 13.0. The zero-order valence-corrected chi connectivity index (χ0v) is 18.2. The Hall–Kier alpha value is -3.11. The number of carbonyl (C=O) groups excluding carboxylic acids is 1. The maximum atomic E-state index is 12.2. The van der Waals surface area contributed by atoms with Crippen molar-refractivity contribution in [2.24, 2.45) is 0 Å². The van der Waals surface area contributed by atoms with Crippen molar-refractivity contribution >= 4 is 17.6 Å². The fourth-order valence-corrected chi connectivity index (χ4v) is 3.89. The van der Waals surface area contributed by atoms with Gasteiger partial charge in [0.05, 0.1) is 12.3 Å². The highest BCUT2D eigenvalue weighted by atomic mass is 35.5. The van der Waals surface area contributed by atoms with Gasteiger partial charge in [-0.3, -0.25) is 0 Å². The van der Waals surface area contributed by atoms with E-state index >= 15 is 0 Å². The predicted molar refractivity (Wildman–Crippen MR) is 124 cm³/mol. The second-order valence-electron chi connectivity index (χ2n) is 7.36. The number of nitrogens with zero attached hydrogens (tertiary/aromatic N) is 1. The second kappa shape index (κ2) is 9.80. The summed E-state index contributed by atoms with van der Waals surface area (Å²) in [7, 11) is 0. The van der Waals surface area contributed by atoms with Gasteiger partial charge in [-0.05, 0) is 67.7 Å². The van der Waals surface area contributed by atoms with E-state index in [0.29, 0.717) is 23.9 Å². The first-order valence-corrected chi connectivity index (χ1v) is 10.9. The lowest BCUT2D eigenvalue weighted by molar-refractivity contribution is 0.0519. The molecule has 1 aromatic heterocycles. The summed E-state index contributed by atoms with van der Waals surface area (Å²) in [6, 6.07) is 18.9. The standard InChI is InChI=1S/C26H24ClNO3/c1-2-30-26(29)24-13-7-12-23(28-24)21-11-6-5-10-20(21)22-16-19(27)14-15-25(22)31-17-18-8-3-4-9-18/h5-8,10-16H,2-4,9,17H2,1H3. The smallest absolute Gasteiger partial charge is 0.356 e. The number of hydrogen-bond acceptors (Lipinski definition) is 4. The van der Waals surface area contributed by atoms with Crippen LogP contribution in [0.4, 0.5) is 0 Å². The van der Waals surface area contributed by atoms with Crippen LogP contribution >= 0.6 is 11.6 Å². The van der Waals surface area contributed by atoms with Gasteiger partial charge in [-0.25, -0.2) is 9.78 Å².